The Labute approximate surface area is 320 Å². The van der Waals surface area contributed by atoms with Gasteiger partial charge in [-0.05, 0) is 49.7 Å². The number of nitrogens with zero attached hydrogens (tertiary/aromatic N) is 3. The standard InChI is InChI=1S/C40H50N6O9/c1-24-17-33-40(54)55-23-30(43-35(49)29(18-26-11-5-3-6-12-26)42-34(48)19-27-13-7-4-8-14-27)38(52)46-22-28(47)20-32(46)39(53)44-16-10-9-15-31(44)36(50)41-25(2)37(51)45(33)21-24/h3-8,11-14,24-25,28-33,47H,9-10,15-23H2,1-2H3,(H,41,50)(H,42,48)(H,43,49)/t24-,25-,28?,29-,30-,31-,32-,33-/m0/s1. The molecule has 294 valence electrons. The zero-order chi connectivity index (χ0) is 39.2. The molecule has 6 rings (SSSR count). The maximum Gasteiger partial charge on any atom is 0.328 e. The van der Waals surface area contributed by atoms with E-state index in [1.165, 1.54) is 21.6 Å². The van der Waals surface area contributed by atoms with Gasteiger partial charge in [0.05, 0.1) is 12.5 Å². The van der Waals surface area contributed by atoms with Crippen molar-refractivity contribution in [3.05, 3.63) is 71.8 Å². The fourth-order valence-corrected chi connectivity index (χ4v) is 8.08. The minimum absolute atomic E-state index is 0.00198. The number of carbonyl (C=O) groups is 7. The van der Waals surface area contributed by atoms with Gasteiger partial charge in [0.15, 0.2) is 0 Å². The number of amides is 6. The van der Waals surface area contributed by atoms with Gasteiger partial charge in [-0.1, -0.05) is 67.6 Å². The molecular weight excluding hydrogens is 708 g/mol. The number of aliphatic hydroxyl groups is 1. The third-order valence-electron chi connectivity index (χ3n) is 10.9. The van der Waals surface area contributed by atoms with Gasteiger partial charge in [0, 0.05) is 32.5 Å². The Balaban J connectivity index is 1.31. The minimum atomic E-state index is -1.53. The largest absolute Gasteiger partial charge is 0.461 e. The monoisotopic (exact) mass is 758 g/mol. The van der Waals surface area contributed by atoms with Gasteiger partial charge in [0.25, 0.3) is 0 Å². The molecule has 4 aliphatic heterocycles. The van der Waals surface area contributed by atoms with E-state index in [1.807, 2.05) is 19.1 Å². The molecule has 4 heterocycles. The van der Waals surface area contributed by atoms with E-state index >= 15 is 0 Å². The maximum atomic E-state index is 14.5. The molecule has 1 unspecified atom stereocenters. The van der Waals surface area contributed by atoms with Crippen LogP contribution in [0.1, 0.15) is 57.1 Å². The highest BCUT2D eigenvalue weighted by Gasteiger charge is 2.47. The summed E-state index contributed by atoms with van der Waals surface area (Å²) in [7, 11) is 0. The number of aliphatic hydroxyl groups excluding tert-OH is 1. The van der Waals surface area contributed by atoms with Gasteiger partial charge in [-0.15, -0.1) is 0 Å². The number of nitrogens with one attached hydrogen (secondary N) is 3. The van der Waals surface area contributed by atoms with Crippen molar-refractivity contribution < 1.29 is 43.4 Å². The summed E-state index contributed by atoms with van der Waals surface area (Å²) in [5.41, 5.74) is 1.47. The summed E-state index contributed by atoms with van der Waals surface area (Å²) in [5, 5.41) is 19.1. The first kappa shape index (κ1) is 39.4. The SMILES string of the molecule is C[C@H]1C[C@H]2C(=O)OC[C@H](NC(=O)[C@H](Cc3ccccc3)NC(=O)Cc3ccccc3)C(=O)N3CC(O)C[C@H]3C(=O)N3CCCC[C@H]3C(=O)N[C@@H](C)C(=O)N2C1. The van der Waals surface area contributed by atoms with E-state index in [0.717, 1.165) is 11.1 Å². The van der Waals surface area contributed by atoms with E-state index in [2.05, 4.69) is 16.0 Å². The van der Waals surface area contributed by atoms with E-state index < -0.39 is 90.4 Å². The molecule has 2 aromatic rings. The molecule has 4 fully saturated rings. The van der Waals surface area contributed by atoms with Crippen LogP contribution in [0.3, 0.4) is 0 Å². The van der Waals surface area contributed by atoms with Crippen molar-refractivity contribution in [1.29, 1.82) is 0 Å². The molecule has 4 aliphatic rings. The van der Waals surface area contributed by atoms with Gasteiger partial charge in [-0.25, -0.2) is 4.79 Å². The summed E-state index contributed by atoms with van der Waals surface area (Å²) in [6.07, 6.45) is 0.800. The molecule has 55 heavy (non-hydrogen) atoms. The fourth-order valence-electron chi connectivity index (χ4n) is 8.08. The summed E-state index contributed by atoms with van der Waals surface area (Å²) in [6.45, 7) is 3.02. The second-order valence-corrected chi connectivity index (χ2v) is 15.2. The van der Waals surface area contributed by atoms with Gasteiger partial charge >= 0.3 is 5.97 Å². The molecule has 15 nitrogen and oxygen atoms in total. The Morgan fingerprint density at radius 1 is 0.818 bits per heavy atom. The van der Waals surface area contributed by atoms with E-state index in [0.29, 0.717) is 19.3 Å². The van der Waals surface area contributed by atoms with Gasteiger partial charge in [-0.2, -0.15) is 0 Å². The van der Waals surface area contributed by atoms with E-state index in [4.69, 9.17) is 4.74 Å². The molecule has 4 N–H and O–H groups in total. The second kappa shape index (κ2) is 17.4. The Morgan fingerprint density at radius 2 is 1.49 bits per heavy atom. The highest BCUT2D eigenvalue weighted by molar-refractivity contribution is 5.98. The number of piperidine rings is 1. The topological polar surface area (TPSA) is 195 Å². The molecule has 15 heteroatoms. The Morgan fingerprint density at radius 3 is 2.20 bits per heavy atom. The van der Waals surface area contributed by atoms with Gasteiger partial charge in [0.2, 0.25) is 35.4 Å². The molecule has 6 amide bonds. The van der Waals surface area contributed by atoms with E-state index in [1.54, 1.807) is 48.5 Å². The van der Waals surface area contributed by atoms with Crippen molar-refractivity contribution in [2.45, 2.75) is 101 Å². The van der Waals surface area contributed by atoms with Crippen molar-refractivity contribution in [2.24, 2.45) is 5.92 Å². The lowest BCUT2D eigenvalue weighted by molar-refractivity contribution is -0.158. The molecule has 2 aromatic carbocycles. The molecule has 0 saturated carbocycles. The third-order valence-corrected chi connectivity index (χ3v) is 10.9. The van der Waals surface area contributed by atoms with Crippen molar-refractivity contribution in [1.82, 2.24) is 30.7 Å². The third kappa shape index (κ3) is 9.32. The molecule has 0 radical (unpaired) electrons. The first-order valence-electron chi connectivity index (χ1n) is 19.1. The lowest BCUT2D eigenvalue weighted by atomic mass is 9.99. The van der Waals surface area contributed by atoms with Crippen LogP contribution in [-0.4, -0.2) is 130 Å². The highest BCUT2D eigenvalue weighted by atomic mass is 16.5. The first-order valence-corrected chi connectivity index (χ1v) is 19.1. The van der Waals surface area contributed by atoms with Gasteiger partial charge in [-0.3, -0.25) is 28.8 Å². The van der Waals surface area contributed by atoms with Crippen molar-refractivity contribution in [2.75, 3.05) is 26.2 Å². The van der Waals surface area contributed by atoms with Crippen molar-refractivity contribution in [3.63, 3.8) is 0 Å². The summed E-state index contributed by atoms with van der Waals surface area (Å²) in [5.74, 6) is -4.35. The number of carbonyl (C=O) groups excluding carboxylic acids is 7. The van der Waals surface area contributed by atoms with Crippen LogP contribution < -0.4 is 16.0 Å². The number of esters is 1. The van der Waals surface area contributed by atoms with Crippen molar-refractivity contribution in [3.8, 4) is 0 Å². The van der Waals surface area contributed by atoms with E-state index in [-0.39, 0.29) is 51.2 Å². The van der Waals surface area contributed by atoms with Crippen LogP contribution in [0.15, 0.2) is 60.7 Å². The number of benzene rings is 2. The molecule has 0 aliphatic carbocycles. The minimum Gasteiger partial charge on any atom is -0.461 e. The van der Waals surface area contributed by atoms with Gasteiger partial charge in [0.1, 0.15) is 42.9 Å². The molecule has 0 bridgehead atoms. The smallest absolute Gasteiger partial charge is 0.328 e. The fraction of sp³-hybridized carbons (Fsp3) is 0.525. The number of hydrogen-bond donors (Lipinski definition) is 4. The molecule has 4 saturated heterocycles. The zero-order valence-corrected chi connectivity index (χ0v) is 31.2. The van der Waals surface area contributed by atoms with Crippen LogP contribution in [0.5, 0.6) is 0 Å². The zero-order valence-electron chi connectivity index (χ0n) is 31.2. The predicted molar refractivity (Wildman–Crippen MR) is 197 cm³/mol. The Bertz CT molecular complexity index is 1760. The average molecular weight is 759 g/mol. The van der Waals surface area contributed by atoms with Crippen LogP contribution in [0.2, 0.25) is 0 Å². The van der Waals surface area contributed by atoms with Crippen LogP contribution in [0.4, 0.5) is 0 Å². The second-order valence-electron chi connectivity index (χ2n) is 15.2. The Kier molecular flexibility index (Phi) is 12.5. The summed E-state index contributed by atoms with van der Waals surface area (Å²) < 4.78 is 5.71. The Hall–Kier alpha value is -5.31. The van der Waals surface area contributed by atoms with Crippen LogP contribution >= 0.6 is 0 Å². The first-order chi connectivity index (χ1) is 26.4. The molecule has 0 aromatic heterocycles. The number of rotatable bonds is 7. The summed E-state index contributed by atoms with van der Waals surface area (Å²) >= 11 is 0. The van der Waals surface area contributed by atoms with Crippen LogP contribution in [-0.2, 0) is 51.1 Å². The van der Waals surface area contributed by atoms with Gasteiger partial charge < -0.3 is 40.5 Å². The predicted octanol–water partition coefficient (Wildman–Crippen LogP) is 0.0828. The lowest BCUT2D eigenvalue weighted by Crippen LogP contribution is -2.62. The van der Waals surface area contributed by atoms with Crippen molar-refractivity contribution >= 4 is 41.4 Å². The number of cyclic esters (lactones) is 1. The lowest BCUT2D eigenvalue weighted by Gasteiger charge is -2.39. The van der Waals surface area contributed by atoms with Crippen LogP contribution in [0.25, 0.3) is 0 Å². The molecule has 8 atom stereocenters. The maximum absolute atomic E-state index is 14.5. The molecule has 0 spiro atoms. The molecular formula is C40H50N6O9. The quantitative estimate of drug-likeness (QED) is 0.283. The van der Waals surface area contributed by atoms with E-state index in [9.17, 15) is 38.7 Å². The highest BCUT2D eigenvalue weighted by Crippen LogP contribution is 2.28. The number of ether oxygens (including phenoxy) is 1. The normalized spacial score (nSPS) is 28.4. The summed E-state index contributed by atoms with van der Waals surface area (Å²) in [4.78, 5) is 101. The summed E-state index contributed by atoms with van der Waals surface area (Å²) in [6, 6.07) is 11.3. The number of fused-ring (bicyclic) bond motifs is 3. The number of hydrogen-bond acceptors (Lipinski definition) is 9. The average Bonchev–Trinajstić information content (AvgIpc) is 3.77. The van der Waals surface area contributed by atoms with Crippen LogP contribution in [0, 0.1) is 5.92 Å².